The van der Waals surface area contributed by atoms with Gasteiger partial charge >= 0.3 is 0 Å². The van der Waals surface area contributed by atoms with Crippen LogP contribution in [0, 0.1) is 12.7 Å². The van der Waals surface area contributed by atoms with Gasteiger partial charge in [-0.1, -0.05) is 24.6 Å². The van der Waals surface area contributed by atoms with E-state index in [1.54, 1.807) is 12.3 Å². The van der Waals surface area contributed by atoms with Gasteiger partial charge < -0.3 is 10.2 Å². The number of furan rings is 1. The largest absolute Gasteiger partial charge is 0.468 e. The van der Waals surface area contributed by atoms with Gasteiger partial charge in [0, 0.05) is 12.1 Å². The van der Waals surface area contributed by atoms with Gasteiger partial charge in [0.2, 0.25) is 0 Å². The fourth-order valence-electron chi connectivity index (χ4n) is 2.44. The maximum Gasteiger partial charge on any atom is 0.128 e. The van der Waals surface area contributed by atoms with E-state index in [2.05, 4.69) is 4.90 Å². The van der Waals surface area contributed by atoms with Crippen molar-refractivity contribution in [2.45, 2.75) is 26.4 Å². The molecule has 20 heavy (non-hydrogen) atoms. The molecule has 1 aromatic carbocycles. The molecule has 0 aliphatic rings. The minimum atomic E-state index is -0.205. The highest BCUT2D eigenvalue weighted by molar-refractivity contribution is 5.27. The number of likely N-dealkylation sites (N-methyl/N-ethyl adjacent to an activating group) is 1. The number of benzene rings is 1. The van der Waals surface area contributed by atoms with Crippen molar-refractivity contribution in [3.8, 4) is 0 Å². The van der Waals surface area contributed by atoms with Crippen molar-refractivity contribution in [2.75, 3.05) is 13.1 Å². The van der Waals surface area contributed by atoms with Crippen LogP contribution in [0.3, 0.4) is 0 Å². The van der Waals surface area contributed by atoms with E-state index in [9.17, 15) is 4.39 Å². The summed E-state index contributed by atoms with van der Waals surface area (Å²) in [7, 11) is 0. The van der Waals surface area contributed by atoms with Crippen molar-refractivity contribution in [1.82, 2.24) is 4.90 Å². The summed E-state index contributed by atoms with van der Waals surface area (Å²) in [6, 6.07) is 8.78. The van der Waals surface area contributed by atoms with Crippen LogP contribution >= 0.6 is 0 Å². The SMILES string of the molecule is CCN(Cc1ccco1)C(CN)c1cc(C)ccc1F. The molecule has 108 valence electrons. The van der Waals surface area contributed by atoms with Gasteiger partial charge in [-0.15, -0.1) is 0 Å². The molecule has 0 aliphatic carbocycles. The summed E-state index contributed by atoms with van der Waals surface area (Å²) in [4.78, 5) is 2.12. The first-order valence-electron chi connectivity index (χ1n) is 6.88. The Bertz CT molecular complexity index is 539. The van der Waals surface area contributed by atoms with Crippen LogP contribution in [0.1, 0.15) is 29.9 Å². The lowest BCUT2D eigenvalue weighted by molar-refractivity contribution is 0.184. The summed E-state index contributed by atoms with van der Waals surface area (Å²) in [6.45, 7) is 5.77. The van der Waals surface area contributed by atoms with E-state index < -0.39 is 0 Å². The maximum atomic E-state index is 14.1. The first kappa shape index (κ1) is 14.8. The number of rotatable bonds is 6. The molecule has 0 saturated carbocycles. The second kappa shape index (κ2) is 6.68. The van der Waals surface area contributed by atoms with Gasteiger partial charge in [-0.25, -0.2) is 4.39 Å². The summed E-state index contributed by atoms with van der Waals surface area (Å²) in [5, 5.41) is 0. The van der Waals surface area contributed by atoms with Gasteiger partial charge in [-0.2, -0.15) is 0 Å². The number of halogens is 1. The highest BCUT2D eigenvalue weighted by atomic mass is 19.1. The lowest BCUT2D eigenvalue weighted by atomic mass is 10.0. The molecule has 1 heterocycles. The first-order valence-corrected chi connectivity index (χ1v) is 6.88. The van der Waals surface area contributed by atoms with Crippen LogP contribution in [0.4, 0.5) is 4.39 Å². The topological polar surface area (TPSA) is 42.4 Å². The normalized spacial score (nSPS) is 12.8. The van der Waals surface area contributed by atoms with Gasteiger partial charge in [0.15, 0.2) is 0 Å². The molecule has 0 aliphatic heterocycles. The summed E-state index contributed by atoms with van der Waals surface area (Å²) in [5.74, 6) is 0.655. The second-order valence-electron chi connectivity index (χ2n) is 4.92. The second-order valence-corrected chi connectivity index (χ2v) is 4.92. The van der Waals surface area contributed by atoms with E-state index in [0.717, 1.165) is 17.9 Å². The van der Waals surface area contributed by atoms with Gasteiger partial charge in [-0.3, -0.25) is 4.90 Å². The van der Waals surface area contributed by atoms with E-state index in [0.29, 0.717) is 18.7 Å². The van der Waals surface area contributed by atoms with E-state index in [1.807, 2.05) is 32.0 Å². The maximum absolute atomic E-state index is 14.1. The minimum Gasteiger partial charge on any atom is -0.468 e. The zero-order chi connectivity index (χ0) is 14.5. The molecule has 1 unspecified atom stereocenters. The Hall–Kier alpha value is -1.65. The molecule has 0 saturated heterocycles. The number of nitrogens with zero attached hydrogens (tertiary/aromatic N) is 1. The highest BCUT2D eigenvalue weighted by Crippen LogP contribution is 2.25. The van der Waals surface area contributed by atoms with Gasteiger partial charge in [0.05, 0.1) is 18.8 Å². The fraction of sp³-hybridized carbons (Fsp3) is 0.375. The van der Waals surface area contributed by atoms with Crippen LogP contribution in [0.5, 0.6) is 0 Å². The third kappa shape index (κ3) is 3.26. The number of nitrogens with two attached hydrogens (primary N) is 1. The Morgan fingerprint density at radius 3 is 2.75 bits per heavy atom. The molecule has 4 heteroatoms. The molecule has 0 bridgehead atoms. The lowest BCUT2D eigenvalue weighted by Gasteiger charge is -2.29. The monoisotopic (exact) mass is 276 g/mol. The standard InChI is InChI=1S/C16H21FN2O/c1-3-19(11-13-5-4-8-20-13)16(10-18)14-9-12(2)6-7-15(14)17/h4-9,16H,3,10-11,18H2,1-2H3. The van der Waals surface area contributed by atoms with Crippen LogP contribution in [0.2, 0.25) is 0 Å². The lowest BCUT2D eigenvalue weighted by Crippen LogP contribution is -2.33. The molecule has 2 aromatic rings. The molecule has 0 spiro atoms. The third-order valence-electron chi connectivity index (χ3n) is 3.52. The molecule has 2 N–H and O–H groups in total. The molecule has 0 radical (unpaired) electrons. The van der Waals surface area contributed by atoms with Crippen molar-refractivity contribution in [3.63, 3.8) is 0 Å². The Morgan fingerprint density at radius 2 is 2.15 bits per heavy atom. The highest BCUT2D eigenvalue weighted by Gasteiger charge is 2.21. The van der Waals surface area contributed by atoms with Crippen LogP contribution < -0.4 is 5.73 Å². The van der Waals surface area contributed by atoms with Crippen LogP contribution in [-0.2, 0) is 6.54 Å². The molecule has 2 rings (SSSR count). The van der Waals surface area contributed by atoms with Gasteiger partial charge in [0.25, 0.3) is 0 Å². The Kier molecular flexibility index (Phi) is 4.93. The van der Waals surface area contributed by atoms with Crippen LogP contribution in [0.25, 0.3) is 0 Å². The van der Waals surface area contributed by atoms with Crippen LogP contribution in [0.15, 0.2) is 41.0 Å². The molecule has 3 nitrogen and oxygen atoms in total. The number of aryl methyl sites for hydroxylation is 1. The van der Waals surface area contributed by atoms with Gasteiger partial charge in [0.1, 0.15) is 11.6 Å². The Balaban J connectivity index is 2.26. The Morgan fingerprint density at radius 1 is 1.35 bits per heavy atom. The smallest absolute Gasteiger partial charge is 0.128 e. The molecule has 0 fully saturated rings. The van der Waals surface area contributed by atoms with Crippen LogP contribution in [-0.4, -0.2) is 18.0 Å². The van der Waals surface area contributed by atoms with E-state index in [-0.39, 0.29) is 11.9 Å². The van der Waals surface area contributed by atoms with E-state index in [1.165, 1.54) is 6.07 Å². The first-order chi connectivity index (χ1) is 9.65. The average molecular weight is 276 g/mol. The molecule has 1 aromatic heterocycles. The minimum absolute atomic E-state index is 0.148. The predicted molar refractivity (Wildman–Crippen MR) is 77.7 cm³/mol. The molecule has 1 atom stereocenters. The van der Waals surface area contributed by atoms with E-state index in [4.69, 9.17) is 10.2 Å². The molecular formula is C16H21FN2O. The zero-order valence-corrected chi connectivity index (χ0v) is 12.0. The van der Waals surface area contributed by atoms with Crippen molar-refractivity contribution < 1.29 is 8.81 Å². The number of hydrogen-bond donors (Lipinski definition) is 1. The Labute approximate surface area is 119 Å². The van der Waals surface area contributed by atoms with Crippen molar-refractivity contribution in [2.24, 2.45) is 5.73 Å². The fourth-order valence-corrected chi connectivity index (χ4v) is 2.44. The van der Waals surface area contributed by atoms with Crippen molar-refractivity contribution in [3.05, 3.63) is 59.3 Å². The quantitative estimate of drug-likeness (QED) is 0.880. The number of hydrogen-bond acceptors (Lipinski definition) is 3. The summed E-state index contributed by atoms with van der Waals surface area (Å²) in [6.07, 6.45) is 1.65. The van der Waals surface area contributed by atoms with E-state index >= 15 is 0 Å². The third-order valence-corrected chi connectivity index (χ3v) is 3.52. The zero-order valence-electron chi connectivity index (χ0n) is 12.0. The summed E-state index contributed by atoms with van der Waals surface area (Å²) in [5.41, 5.74) is 7.58. The van der Waals surface area contributed by atoms with Gasteiger partial charge in [-0.05, 0) is 31.7 Å². The van der Waals surface area contributed by atoms with Crippen molar-refractivity contribution >= 4 is 0 Å². The molecule has 0 amide bonds. The summed E-state index contributed by atoms with van der Waals surface area (Å²) < 4.78 is 19.5. The van der Waals surface area contributed by atoms with Crippen molar-refractivity contribution in [1.29, 1.82) is 0 Å². The summed E-state index contributed by atoms with van der Waals surface area (Å²) >= 11 is 0. The molecular weight excluding hydrogens is 255 g/mol. The average Bonchev–Trinajstić information content (AvgIpc) is 2.95. The predicted octanol–water partition coefficient (Wildman–Crippen LogP) is 3.25.